The van der Waals surface area contributed by atoms with Crippen LogP contribution in [0.3, 0.4) is 0 Å². The van der Waals surface area contributed by atoms with Crippen LogP contribution in [0, 0.1) is 5.82 Å². The van der Waals surface area contributed by atoms with E-state index in [1.807, 2.05) is 0 Å². The summed E-state index contributed by atoms with van der Waals surface area (Å²) in [7, 11) is 0. The molecule has 0 radical (unpaired) electrons. The molecule has 0 aliphatic heterocycles. The van der Waals surface area contributed by atoms with E-state index < -0.39 is 6.10 Å². The van der Waals surface area contributed by atoms with Crippen molar-refractivity contribution in [2.45, 2.75) is 12.5 Å². The number of hydrogen-bond donors (Lipinski definition) is 2. The van der Waals surface area contributed by atoms with Crippen LogP contribution in [0.5, 0.6) is 0 Å². The van der Waals surface area contributed by atoms with Crippen molar-refractivity contribution < 1.29 is 9.50 Å². The molecule has 1 aromatic heterocycles. The quantitative estimate of drug-likeness (QED) is 0.795. The second-order valence-electron chi connectivity index (χ2n) is 3.24. The molecule has 1 heterocycles. The number of halogens is 1. The van der Waals surface area contributed by atoms with Gasteiger partial charge in [0.25, 0.3) is 0 Å². The van der Waals surface area contributed by atoms with Gasteiger partial charge in [0.05, 0.1) is 6.20 Å². The standard InChI is InChI=1S/C10H10FN3O/c11-8-3-1-7(2-4-8)5-10(15)9-6-12-14-13-9/h1-4,6,10,15H,5H2,(H,12,13,14). The van der Waals surface area contributed by atoms with Gasteiger partial charge in [0.15, 0.2) is 0 Å². The van der Waals surface area contributed by atoms with Crippen molar-refractivity contribution in [3.8, 4) is 0 Å². The van der Waals surface area contributed by atoms with Crippen LogP contribution in [-0.4, -0.2) is 20.5 Å². The van der Waals surface area contributed by atoms with Crippen molar-refractivity contribution >= 4 is 0 Å². The molecule has 0 fully saturated rings. The first-order valence-corrected chi connectivity index (χ1v) is 4.54. The molecule has 1 aromatic carbocycles. The highest BCUT2D eigenvalue weighted by molar-refractivity contribution is 5.18. The zero-order chi connectivity index (χ0) is 10.7. The third-order valence-corrected chi connectivity index (χ3v) is 2.12. The molecule has 0 spiro atoms. The van der Waals surface area contributed by atoms with Crippen molar-refractivity contribution in [1.82, 2.24) is 15.4 Å². The largest absolute Gasteiger partial charge is 0.386 e. The smallest absolute Gasteiger partial charge is 0.123 e. The van der Waals surface area contributed by atoms with Gasteiger partial charge >= 0.3 is 0 Å². The van der Waals surface area contributed by atoms with E-state index >= 15 is 0 Å². The summed E-state index contributed by atoms with van der Waals surface area (Å²) in [5.74, 6) is -0.283. The van der Waals surface area contributed by atoms with E-state index in [9.17, 15) is 9.50 Å². The number of H-pyrrole nitrogens is 1. The average Bonchev–Trinajstić information content (AvgIpc) is 2.74. The topological polar surface area (TPSA) is 61.8 Å². The van der Waals surface area contributed by atoms with Gasteiger partial charge in [-0.05, 0) is 17.7 Å². The molecule has 0 bridgehead atoms. The van der Waals surface area contributed by atoms with Crippen molar-refractivity contribution in [3.63, 3.8) is 0 Å². The zero-order valence-electron chi connectivity index (χ0n) is 7.89. The summed E-state index contributed by atoms with van der Waals surface area (Å²) >= 11 is 0. The minimum atomic E-state index is -0.714. The van der Waals surface area contributed by atoms with Crippen LogP contribution in [0.2, 0.25) is 0 Å². The molecular formula is C10H10FN3O. The Bertz CT molecular complexity index is 413. The molecule has 1 atom stereocenters. The van der Waals surface area contributed by atoms with E-state index in [-0.39, 0.29) is 5.82 Å². The number of benzene rings is 1. The number of hydrogen-bond acceptors (Lipinski definition) is 3. The van der Waals surface area contributed by atoms with Crippen LogP contribution in [-0.2, 0) is 6.42 Å². The maximum atomic E-state index is 12.6. The summed E-state index contributed by atoms with van der Waals surface area (Å²) in [6.07, 6.45) is 1.15. The summed E-state index contributed by atoms with van der Waals surface area (Å²) in [6.45, 7) is 0. The van der Waals surface area contributed by atoms with Crippen molar-refractivity contribution in [1.29, 1.82) is 0 Å². The Labute approximate surface area is 85.8 Å². The van der Waals surface area contributed by atoms with Gasteiger partial charge in [-0.25, -0.2) is 4.39 Å². The molecule has 0 saturated heterocycles. The molecule has 2 aromatic rings. The van der Waals surface area contributed by atoms with Gasteiger partial charge in [-0.1, -0.05) is 12.1 Å². The van der Waals surface area contributed by atoms with E-state index in [1.54, 1.807) is 12.1 Å². The fourth-order valence-corrected chi connectivity index (χ4v) is 1.32. The SMILES string of the molecule is OC(Cc1ccc(F)cc1)c1cn[nH]n1. The van der Waals surface area contributed by atoms with Gasteiger partial charge in [0.2, 0.25) is 0 Å². The second-order valence-corrected chi connectivity index (χ2v) is 3.24. The molecule has 0 aliphatic rings. The molecule has 1 unspecified atom stereocenters. The number of aliphatic hydroxyl groups excluding tert-OH is 1. The fourth-order valence-electron chi connectivity index (χ4n) is 1.32. The molecule has 4 nitrogen and oxygen atoms in total. The predicted octanol–water partition coefficient (Wildman–Crippen LogP) is 1.22. The maximum Gasteiger partial charge on any atom is 0.123 e. The number of aliphatic hydroxyl groups is 1. The predicted molar refractivity (Wildman–Crippen MR) is 51.4 cm³/mol. The number of nitrogens with one attached hydrogen (secondary N) is 1. The van der Waals surface area contributed by atoms with Crippen LogP contribution in [0.1, 0.15) is 17.4 Å². The van der Waals surface area contributed by atoms with Gasteiger partial charge < -0.3 is 5.11 Å². The second kappa shape index (κ2) is 4.18. The molecule has 2 rings (SSSR count). The van der Waals surface area contributed by atoms with E-state index in [1.165, 1.54) is 18.3 Å². The average molecular weight is 207 g/mol. The van der Waals surface area contributed by atoms with Crippen molar-refractivity contribution in [3.05, 3.63) is 47.5 Å². The molecular weight excluding hydrogens is 197 g/mol. The Hall–Kier alpha value is -1.75. The lowest BCUT2D eigenvalue weighted by Gasteiger charge is -2.06. The monoisotopic (exact) mass is 207 g/mol. The summed E-state index contributed by atoms with van der Waals surface area (Å²) in [6, 6.07) is 6.01. The first-order chi connectivity index (χ1) is 7.25. The van der Waals surface area contributed by atoms with Crippen LogP contribution in [0.15, 0.2) is 30.5 Å². The fraction of sp³-hybridized carbons (Fsp3) is 0.200. The summed E-state index contributed by atoms with van der Waals surface area (Å²) in [4.78, 5) is 0. The van der Waals surface area contributed by atoms with Crippen LogP contribution in [0.4, 0.5) is 4.39 Å². The van der Waals surface area contributed by atoms with E-state index in [2.05, 4.69) is 15.4 Å². The van der Waals surface area contributed by atoms with Gasteiger partial charge in [0.1, 0.15) is 17.6 Å². The van der Waals surface area contributed by atoms with Gasteiger partial charge in [0, 0.05) is 6.42 Å². The first-order valence-electron chi connectivity index (χ1n) is 4.54. The molecule has 15 heavy (non-hydrogen) atoms. The molecule has 78 valence electrons. The maximum absolute atomic E-state index is 12.6. The first kappa shape index (κ1) is 9.79. The van der Waals surface area contributed by atoms with Gasteiger partial charge in [-0.15, -0.1) is 0 Å². The summed E-state index contributed by atoms with van der Waals surface area (Å²) in [5.41, 5.74) is 1.34. The molecule has 0 saturated carbocycles. The summed E-state index contributed by atoms with van der Waals surface area (Å²) < 4.78 is 12.6. The molecule has 5 heteroatoms. The minimum absolute atomic E-state index is 0.283. The number of aromatic nitrogens is 3. The number of aromatic amines is 1. The Morgan fingerprint density at radius 2 is 2.07 bits per heavy atom. The van der Waals surface area contributed by atoms with Gasteiger partial charge in [-0.2, -0.15) is 15.4 Å². The van der Waals surface area contributed by atoms with Gasteiger partial charge in [-0.3, -0.25) is 0 Å². The Morgan fingerprint density at radius 3 is 2.67 bits per heavy atom. The lowest BCUT2D eigenvalue weighted by Crippen LogP contribution is -2.02. The molecule has 0 aliphatic carbocycles. The van der Waals surface area contributed by atoms with Crippen LogP contribution in [0.25, 0.3) is 0 Å². The van der Waals surface area contributed by atoms with E-state index in [0.717, 1.165) is 5.56 Å². The highest BCUT2D eigenvalue weighted by atomic mass is 19.1. The van der Waals surface area contributed by atoms with Crippen LogP contribution >= 0.6 is 0 Å². The van der Waals surface area contributed by atoms with E-state index in [4.69, 9.17) is 0 Å². The minimum Gasteiger partial charge on any atom is -0.386 e. The highest BCUT2D eigenvalue weighted by Crippen LogP contribution is 2.15. The van der Waals surface area contributed by atoms with Crippen molar-refractivity contribution in [2.24, 2.45) is 0 Å². The third kappa shape index (κ3) is 2.38. The molecule has 2 N–H and O–H groups in total. The van der Waals surface area contributed by atoms with Crippen molar-refractivity contribution in [2.75, 3.05) is 0 Å². The highest BCUT2D eigenvalue weighted by Gasteiger charge is 2.10. The Balaban J connectivity index is 2.06. The Kier molecular flexibility index (Phi) is 2.73. The molecule has 0 amide bonds. The number of rotatable bonds is 3. The lowest BCUT2D eigenvalue weighted by molar-refractivity contribution is 0.173. The Morgan fingerprint density at radius 1 is 1.33 bits per heavy atom. The van der Waals surface area contributed by atoms with E-state index in [0.29, 0.717) is 12.1 Å². The lowest BCUT2D eigenvalue weighted by atomic mass is 10.1. The normalized spacial score (nSPS) is 12.7. The third-order valence-electron chi connectivity index (χ3n) is 2.12. The number of nitrogens with zero attached hydrogens (tertiary/aromatic N) is 2. The zero-order valence-corrected chi connectivity index (χ0v) is 7.89. The van der Waals surface area contributed by atoms with Crippen LogP contribution < -0.4 is 0 Å². The summed E-state index contributed by atoms with van der Waals surface area (Å²) in [5, 5.41) is 19.5.